The van der Waals surface area contributed by atoms with Gasteiger partial charge in [-0.1, -0.05) is 6.07 Å². The lowest BCUT2D eigenvalue weighted by atomic mass is 9.72. The van der Waals surface area contributed by atoms with Gasteiger partial charge in [-0.3, -0.25) is 19.5 Å². The van der Waals surface area contributed by atoms with Gasteiger partial charge in [0.05, 0.1) is 18.3 Å². The molecular weight excluding hydrogens is 328 g/mol. The lowest BCUT2D eigenvalue weighted by Gasteiger charge is -2.47. The number of hydrogen-bond acceptors (Lipinski definition) is 4. The van der Waals surface area contributed by atoms with Crippen molar-refractivity contribution in [2.45, 2.75) is 45.2 Å². The Morgan fingerprint density at radius 1 is 1.27 bits per heavy atom. The lowest BCUT2D eigenvalue weighted by molar-refractivity contribution is -0.144. The van der Waals surface area contributed by atoms with E-state index in [1.165, 1.54) is 0 Å². The fourth-order valence-corrected chi connectivity index (χ4v) is 4.03. The van der Waals surface area contributed by atoms with E-state index >= 15 is 0 Å². The molecule has 2 fully saturated rings. The monoisotopic (exact) mass is 358 g/mol. The molecule has 3 heterocycles. The summed E-state index contributed by atoms with van der Waals surface area (Å²) in [5.74, 6) is 0.433. The molecule has 0 radical (unpaired) electrons. The maximum Gasteiger partial charge on any atom is 0.239 e. The van der Waals surface area contributed by atoms with Crippen LogP contribution in [0.1, 0.15) is 38.3 Å². The first-order valence-electron chi connectivity index (χ1n) is 9.53. The third-order valence-electron chi connectivity index (χ3n) is 6.09. The molecule has 1 aromatic rings. The predicted octanol–water partition coefficient (Wildman–Crippen LogP) is 1.76. The molecule has 0 unspecified atom stereocenters. The quantitative estimate of drug-likeness (QED) is 0.823. The van der Waals surface area contributed by atoms with Crippen LogP contribution in [0.2, 0.25) is 0 Å². The topological polar surface area (TPSA) is 56.8 Å². The molecule has 0 aromatic carbocycles. The van der Waals surface area contributed by atoms with Gasteiger partial charge in [-0.05, 0) is 57.8 Å². The zero-order valence-corrected chi connectivity index (χ0v) is 16.1. The standard InChI is InChI=1S/C20H30N4O2/c1-16(22(2)3)19(26)23-12-9-20(10-13-23)8-7-18(25)24(15-20)14-17-6-4-5-11-21-17/h4-6,11,16H,7-10,12-15H2,1-3H3/t16-/m1/s1. The van der Waals surface area contributed by atoms with Gasteiger partial charge in [0.2, 0.25) is 11.8 Å². The molecule has 0 bridgehead atoms. The van der Waals surface area contributed by atoms with E-state index in [2.05, 4.69) is 4.98 Å². The number of carbonyl (C=O) groups excluding carboxylic acids is 2. The van der Waals surface area contributed by atoms with Crippen LogP contribution in [0.25, 0.3) is 0 Å². The molecule has 1 atom stereocenters. The highest BCUT2D eigenvalue weighted by Gasteiger charge is 2.42. The highest BCUT2D eigenvalue weighted by atomic mass is 16.2. The second kappa shape index (κ2) is 7.74. The van der Waals surface area contributed by atoms with Crippen LogP contribution >= 0.6 is 0 Å². The van der Waals surface area contributed by atoms with Gasteiger partial charge in [0, 0.05) is 32.3 Å². The molecule has 2 aliphatic rings. The lowest BCUT2D eigenvalue weighted by Crippen LogP contribution is -2.54. The molecule has 1 spiro atoms. The Morgan fingerprint density at radius 2 is 2.00 bits per heavy atom. The van der Waals surface area contributed by atoms with Crippen LogP contribution < -0.4 is 0 Å². The largest absolute Gasteiger partial charge is 0.341 e. The summed E-state index contributed by atoms with van der Waals surface area (Å²) in [5.41, 5.74) is 1.09. The zero-order valence-electron chi connectivity index (χ0n) is 16.1. The number of pyridine rings is 1. The van der Waals surface area contributed by atoms with Crippen LogP contribution in [0.3, 0.4) is 0 Å². The Bertz CT molecular complexity index is 638. The number of piperidine rings is 2. The first-order valence-corrected chi connectivity index (χ1v) is 9.53. The maximum absolute atomic E-state index is 12.6. The van der Waals surface area contributed by atoms with Gasteiger partial charge < -0.3 is 9.80 Å². The summed E-state index contributed by atoms with van der Waals surface area (Å²) < 4.78 is 0. The van der Waals surface area contributed by atoms with E-state index in [4.69, 9.17) is 0 Å². The van der Waals surface area contributed by atoms with Crippen LogP contribution in [-0.4, -0.2) is 71.3 Å². The van der Waals surface area contributed by atoms with Crippen molar-refractivity contribution in [3.63, 3.8) is 0 Å². The van der Waals surface area contributed by atoms with Crippen LogP contribution in [0, 0.1) is 5.41 Å². The smallest absolute Gasteiger partial charge is 0.239 e. The number of nitrogens with zero attached hydrogens (tertiary/aromatic N) is 4. The van der Waals surface area contributed by atoms with Crippen molar-refractivity contribution in [1.82, 2.24) is 19.7 Å². The number of likely N-dealkylation sites (tertiary alicyclic amines) is 2. The molecule has 26 heavy (non-hydrogen) atoms. The molecule has 0 aliphatic carbocycles. The van der Waals surface area contributed by atoms with E-state index in [1.54, 1.807) is 6.20 Å². The summed E-state index contributed by atoms with van der Waals surface area (Å²) >= 11 is 0. The normalized spacial score (nSPS) is 21.3. The third kappa shape index (κ3) is 4.06. The molecule has 0 saturated carbocycles. The number of likely N-dealkylation sites (N-methyl/N-ethyl adjacent to an activating group) is 1. The first kappa shape index (κ1) is 18.8. The van der Waals surface area contributed by atoms with E-state index in [9.17, 15) is 9.59 Å². The van der Waals surface area contributed by atoms with Crippen molar-refractivity contribution in [1.29, 1.82) is 0 Å². The summed E-state index contributed by atoms with van der Waals surface area (Å²) in [4.78, 5) is 35.2. The number of carbonyl (C=O) groups is 2. The van der Waals surface area contributed by atoms with Crippen LogP contribution in [-0.2, 0) is 16.1 Å². The molecule has 1 aromatic heterocycles. The fraction of sp³-hybridized carbons (Fsp3) is 0.650. The van der Waals surface area contributed by atoms with Crippen LogP contribution in [0.4, 0.5) is 0 Å². The highest BCUT2D eigenvalue weighted by molar-refractivity contribution is 5.81. The van der Waals surface area contributed by atoms with Gasteiger partial charge >= 0.3 is 0 Å². The van der Waals surface area contributed by atoms with Crippen molar-refractivity contribution in [3.8, 4) is 0 Å². The number of aromatic nitrogens is 1. The minimum Gasteiger partial charge on any atom is -0.341 e. The minimum atomic E-state index is -0.0855. The molecule has 6 heteroatoms. The number of hydrogen-bond donors (Lipinski definition) is 0. The van der Waals surface area contributed by atoms with Crippen molar-refractivity contribution >= 4 is 11.8 Å². The second-order valence-corrected chi connectivity index (χ2v) is 8.04. The minimum absolute atomic E-state index is 0.0855. The summed E-state index contributed by atoms with van der Waals surface area (Å²) in [6, 6.07) is 5.74. The zero-order chi connectivity index (χ0) is 18.7. The number of amides is 2. The summed E-state index contributed by atoms with van der Waals surface area (Å²) in [6.45, 7) is 4.92. The van der Waals surface area contributed by atoms with Gasteiger partial charge in [-0.15, -0.1) is 0 Å². The third-order valence-corrected chi connectivity index (χ3v) is 6.09. The van der Waals surface area contributed by atoms with Crippen molar-refractivity contribution in [2.24, 2.45) is 5.41 Å². The SMILES string of the molecule is C[C@H](C(=O)N1CCC2(CCC(=O)N(Cc3ccccn3)C2)CC1)N(C)C. The fourth-order valence-electron chi connectivity index (χ4n) is 4.03. The van der Waals surface area contributed by atoms with Gasteiger partial charge in [-0.25, -0.2) is 0 Å². The maximum atomic E-state index is 12.6. The summed E-state index contributed by atoms with van der Waals surface area (Å²) in [6.07, 6.45) is 5.27. The first-order chi connectivity index (χ1) is 12.4. The Kier molecular flexibility index (Phi) is 5.61. The van der Waals surface area contributed by atoms with E-state index in [0.717, 1.165) is 44.6 Å². The van der Waals surface area contributed by atoms with Gasteiger partial charge in [-0.2, -0.15) is 0 Å². The van der Waals surface area contributed by atoms with Crippen molar-refractivity contribution in [3.05, 3.63) is 30.1 Å². The summed E-state index contributed by atoms with van der Waals surface area (Å²) in [5, 5.41) is 0. The van der Waals surface area contributed by atoms with E-state index in [1.807, 2.05) is 53.9 Å². The average molecular weight is 358 g/mol. The molecule has 6 nitrogen and oxygen atoms in total. The van der Waals surface area contributed by atoms with Gasteiger partial charge in [0.1, 0.15) is 0 Å². The van der Waals surface area contributed by atoms with Crippen molar-refractivity contribution < 1.29 is 9.59 Å². The average Bonchev–Trinajstić information content (AvgIpc) is 2.65. The van der Waals surface area contributed by atoms with Crippen LogP contribution in [0.15, 0.2) is 24.4 Å². The van der Waals surface area contributed by atoms with Gasteiger partial charge in [0.25, 0.3) is 0 Å². The Balaban J connectivity index is 1.61. The molecule has 2 aliphatic heterocycles. The molecular formula is C20H30N4O2. The Hall–Kier alpha value is -1.95. The number of rotatable bonds is 4. The van der Waals surface area contributed by atoms with Crippen LogP contribution in [0.5, 0.6) is 0 Å². The summed E-state index contributed by atoms with van der Waals surface area (Å²) in [7, 11) is 3.88. The molecule has 2 amide bonds. The highest BCUT2D eigenvalue weighted by Crippen LogP contribution is 2.40. The van der Waals surface area contributed by atoms with E-state index in [-0.39, 0.29) is 23.3 Å². The van der Waals surface area contributed by atoms with Crippen molar-refractivity contribution in [2.75, 3.05) is 33.7 Å². The second-order valence-electron chi connectivity index (χ2n) is 8.04. The Labute approximate surface area is 156 Å². The van der Waals surface area contributed by atoms with E-state index in [0.29, 0.717) is 13.0 Å². The predicted molar refractivity (Wildman–Crippen MR) is 100 cm³/mol. The molecule has 142 valence electrons. The molecule has 2 saturated heterocycles. The Morgan fingerprint density at radius 3 is 2.62 bits per heavy atom. The molecule has 0 N–H and O–H groups in total. The van der Waals surface area contributed by atoms with Gasteiger partial charge in [0.15, 0.2) is 0 Å². The molecule has 3 rings (SSSR count). The van der Waals surface area contributed by atoms with E-state index < -0.39 is 0 Å².